The lowest BCUT2D eigenvalue weighted by molar-refractivity contribution is -0.123. The third kappa shape index (κ3) is 3.01. The summed E-state index contributed by atoms with van der Waals surface area (Å²) in [5.74, 6) is -0.528. The number of amides is 2. The molecule has 5 heteroatoms. The lowest BCUT2D eigenvalue weighted by atomic mass is 9.97. The second kappa shape index (κ2) is 5.69. The van der Waals surface area contributed by atoms with Crippen LogP contribution in [0.1, 0.15) is 23.2 Å². The molecule has 0 saturated carbocycles. The number of benzene rings is 1. The van der Waals surface area contributed by atoms with E-state index in [1.807, 2.05) is 18.2 Å². The number of halogens is 1. The lowest BCUT2D eigenvalue weighted by Crippen LogP contribution is -2.44. The van der Waals surface area contributed by atoms with Crippen LogP contribution in [0.5, 0.6) is 0 Å². The minimum absolute atomic E-state index is 0.0144. The summed E-state index contributed by atoms with van der Waals surface area (Å²) in [7, 11) is 0. The van der Waals surface area contributed by atoms with Gasteiger partial charge in [-0.25, -0.2) is 0 Å². The average molecular weight is 358 g/mol. The first-order chi connectivity index (χ1) is 8.58. The van der Waals surface area contributed by atoms with Gasteiger partial charge in [-0.1, -0.05) is 6.07 Å². The zero-order valence-corrected chi connectivity index (χ0v) is 12.1. The maximum atomic E-state index is 12.3. The van der Waals surface area contributed by atoms with Gasteiger partial charge in [0.1, 0.15) is 0 Å². The summed E-state index contributed by atoms with van der Waals surface area (Å²) in [6, 6.07) is 7.47. The predicted molar refractivity (Wildman–Crippen MR) is 77.0 cm³/mol. The fourth-order valence-electron chi connectivity index (χ4n) is 2.20. The smallest absolute Gasteiger partial charge is 0.253 e. The summed E-state index contributed by atoms with van der Waals surface area (Å²) in [4.78, 5) is 25.2. The van der Waals surface area contributed by atoms with E-state index in [4.69, 9.17) is 5.73 Å². The Morgan fingerprint density at radius 1 is 1.39 bits per heavy atom. The molecule has 96 valence electrons. The molecule has 0 aliphatic carbocycles. The molecule has 1 aliphatic heterocycles. The van der Waals surface area contributed by atoms with E-state index < -0.39 is 0 Å². The van der Waals surface area contributed by atoms with Crippen molar-refractivity contribution in [1.82, 2.24) is 4.90 Å². The summed E-state index contributed by atoms with van der Waals surface area (Å²) >= 11 is 2.18. The van der Waals surface area contributed by atoms with Crippen molar-refractivity contribution in [1.29, 1.82) is 0 Å². The highest BCUT2D eigenvalue weighted by molar-refractivity contribution is 14.1. The molecule has 1 fully saturated rings. The number of nitrogens with zero attached hydrogens (tertiary/aromatic N) is 1. The highest BCUT2D eigenvalue weighted by Gasteiger charge is 2.27. The minimum Gasteiger partial charge on any atom is -0.369 e. The number of piperidine rings is 1. The first-order valence-corrected chi connectivity index (χ1v) is 7.00. The molecule has 1 aliphatic rings. The Morgan fingerprint density at radius 2 is 2.17 bits per heavy atom. The van der Waals surface area contributed by atoms with Crippen molar-refractivity contribution in [3.05, 3.63) is 33.4 Å². The van der Waals surface area contributed by atoms with Crippen LogP contribution in [0, 0.1) is 9.49 Å². The van der Waals surface area contributed by atoms with E-state index >= 15 is 0 Å². The molecule has 4 nitrogen and oxygen atoms in total. The first kappa shape index (κ1) is 13.3. The third-order valence-electron chi connectivity index (χ3n) is 3.18. The Labute approximate surface area is 120 Å². The van der Waals surface area contributed by atoms with Crippen LogP contribution in [0.3, 0.4) is 0 Å². The summed E-state index contributed by atoms with van der Waals surface area (Å²) < 4.78 is 1.03. The van der Waals surface area contributed by atoms with Crippen LogP contribution in [0.2, 0.25) is 0 Å². The van der Waals surface area contributed by atoms with Gasteiger partial charge < -0.3 is 10.6 Å². The van der Waals surface area contributed by atoms with Crippen LogP contribution in [0.25, 0.3) is 0 Å². The van der Waals surface area contributed by atoms with Gasteiger partial charge in [0, 0.05) is 22.2 Å². The standard InChI is InChI=1S/C13H15IN2O2/c14-11-5-1-3-9(7-11)13(18)16-6-2-4-10(8-16)12(15)17/h1,3,5,7,10H,2,4,6,8H2,(H2,15,17). The van der Waals surface area contributed by atoms with Crippen molar-refractivity contribution in [3.8, 4) is 0 Å². The molecule has 2 amide bonds. The van der Waals surface area contributed by atoms with Crippen LogP contribution in [0.4, 0.5) is 0 Å². The van der Waals surface area contributed by atoms with Gasteiger partial charge in [-0.15, -0.1) is 0 Å². The van der Waals surface area contributed by atoms with E-state index in [-0.39, 0.29) is 17.7 Å². The van der Waals surface area contributed by atoms with E-state index in [2.05, 4.69) is 22.6 Å². The van der Waals surface area contributed by atoms with Crippen LogP contribution < -0.4 is 5.73 Å². The molecule has 0 radical (unpaired) electrons. The average Bonchev–Trinajstić information content (AvgIpc) is 2.38. The van der Waals surface area contributed by atoms with Crippen molar-refractivity contribution in [2.75, 3.05) is 13.1 Å². The number of hydrogen-bond acceptors (Lipinski definition) is 2. The molecule has 2 rings (SSSR count). The molecular formula is C13H15IN2O2. The summed E-state index contributed by atoms with van der Waals surface area (Å²) in [6.45, 7) is 1.15. The molecular weight excluding hydrogens is 343 g/mol. The largest absolute Gasteiger partial charge is 0.369 e. The maximum Gasteiger partial charge on any atom is 0.253 e. The molecule has 0 spiro atoms. The monoisotopic (exact) mass is 358 g/mol. The topological polar surface area (TPSA) is 63.4 Å². The molecule has 1 aromatic rings. The van der Waals surface area contributed by atoms with Gasteiger partial charge in [-0.2, -0.15) is 0 Å². The fraction of sp³-hybridized carbons (Fsp3) is 0.385. The van der Waals surface area contributed by atoms with Gasteiger partial charge in [0.05, 0.1) is 5.92 Å². The number of rotatable bonds is 2. The molecule has 1 saturated heterocycles. The van der Waals surface area contributed by atoms with Crippen molar-refractivity contribution < 1.29 is 9.59 Å². The molecule has 1 heterocycles. The number of primary amides is 1. The predicted octanol–water partition coefficient (Wildman–Crippen LogP) is 1.63. The van der Waals surface area contributed by atoms with Gasteiger partial charge >= 0.3 is 0 Å². The molecule has 1 unspecified atom stereocenters. The summed E-state index contributed by atoms with van der Waals surface area (Å²) in [5, 5.41) is 0. The van der Waals surface area contributed by atoms with Crippen LogP contribution in [-0.2, 0) is 4.79 Å². The van der Waals surface area contributed by atoms with Gasteiger partial charge in [-0.05, 0) is 53.6 Å². The normalized spacial score (nSPS) is 19.6. The Morgan fingerprint density at radius 3 is 2.83 bits per heavy atom. The van der Waals surface area contributed by atoms with Gasteiger partial charge in [0.15, 0.2) is 0 Å². The molecule has 18 heavy (non-hydrogen) atoms. The quantitative estimate of drug-likeness (QED) is 0.817. The van der Waals surface area contributed by atoms with Gasteiger partial charge in [0.2, 0.25) is 5.91 Å². The van der Waals surface area contributed by atoms with E-state index in [0.29, 0.717) is 18.7 Å². The second-order valence-electron chi connectivity index (χ2n) is 4.50. The second-order valence-corrected chi connectivity index (χ2v) is 5.75. The Balaban J connectivity index is 2.11. The molecule has 1 aromatic carbocycles. The van der Waals surface area contributed by atoms with Crippen molar-refractivity contribution >= 4 is 34.4 Å². The SMILES string of the molecule is NC(=O)C1CCCN(C(=O)c2cccc(I)c2)C1. The number of carbonyl (C=O) groups is 2. The van der Waals surface area contributed by atoms with Crippen molar-refractivity contribution in [3.63, 3.8) is 0 Å². The van der Waals surface area contributed by atoms with E-state index in [9.17, 15) is 9.59 Å². The fourth-order valence-corrected chi connectivity index (χ4v) is 2.74. The summed E-state index contributed by atoms with van der Waals surface area (Å²) in [5.41, 5.74) is 5.99. The van der Waals surface area contributed by atoms with Crippen LogP contribution >= 0.6 is 22.6 Å². The number of nitrogens with two attached hydrogens (primary N) is 1. The lowest BCUT2D eigenvalue weighted by Gasteiger charge is -2.31. The molecule has 1 atom stereocenters. The Kier molecular flexibility index (Phi) is 4.21. The number of likely N-dealkylation sites (tertiary alicyclic amines) is 1. The minimum atomic E-state index is -0.310. The van der Waals surface area contributed by atoms with E-state index in [1.54, 1.807) is 11.0 Å². The van der Waals surface area contributed by atoms with Crippen molar-refractivity contribution in [2.45, 2.75) is 12.8 Å². The van der Waals surface area contributed by atoms with Gasteiger partial charge in [-0.3, -0.25) is 9.59 Å². The zero-order valence-electron chi connectivity index (χ0n) is 9.93. The number of carbonyl (C=O) groups excluding carboxylic acids is 2. The molecule has 0 aromatic heterocycles. The van der Waals surface area contributed by atoms with Crippen LogP contribution in [0.15, 0.2) is 24.3 Å². The number of hydrogen-bond donors (Lipinski definition) is 1. The van der Waals surface area contributed by atoms with E-state index in [0.717, 1.165) is 16.4 Å². The first-order valence-electron chi connectivity index (χ1n) is 5.92. The zero-order chi connectivity index (χ0) is 13.1. The highest BCUT2D eigenvalue weighted by atomic mass is 127. The maximum absolute atomic E-state index is 12.3. The highest BCUT2D eigenvalue weighted by Crippen LogP contribution is 2.19. The third-order valence-corrected chi connectivity index (χ3v) is 3.85. The summed E-state index contributed by atoms with van der Waals surface area (Å²) in [6.07, 6.45) is 1.62. The van der Waals surface area contributed by atoms with Crippen LogP contribution in [-0.4, -0.2) is 29.8 Å². The van der Waals surface area contributed by atoms with E-state index in [1.165, 1.54) is 0 Å². The molecule has 0 bridgehead atoms. The van der Waals surface area contributed by atoms with Gasteiger partial charge in [0.25, 0.3) is 5.91 Å². The van der Waals surface area contributed by atoms with Crippen molar-refractivity contribution in [2.24, 2.45) is 11.7 Å². The Bertz CT molecular complexity index is 476. The molecule has 2 N–H and O–H groups in total. The Hall–Kier alpha value is -1.11.